The summed E-state index contributed by atoms with van der Waals surface area (Å²) in [5.74, 6) is 0.339. The minimum Gasteiger partial charge on any atom is -0.443 e. The molecule has 0 saturated heterocycles. The highest BCUT2D eigenvalue weighted by Gasteiger charge is 2.30. The fraction of sp³-hybridized carbons (Fsp3) is 0.357. The average Bonchev–Trinajstić information content (AvgIpc) is 2.91. The second kappa shape index (κ2) is 6.73. The monoisotopic (exact) mass is 300 g/mol. The lowest BCUT2D eigenvalue weighted by atomic mass is 10.1. The minimum absolute atomic E-state index is 0.339. The Balaban J connectivity index is 2.17. The fourth-order valence-corrected chi connectivity index (χ4v) is 1.85. The van der Waals surface area contributed by atoms with Crippen LogP contribution in [0.3, 0.4) is 0 Å². The van der Waals surface area contributed by atoms with Crippen molar-refractivity contribution >= 4 is 0 Å². The molecule has 0 aliphatic rings. The summed E-state index contributed by atoms with van der Waals surface area (Å²) < 4.78 is 48.3. The third kappa shape index (κ3) is 4.05. The van der Waals surface area contributed by atoms with Gasteiger partial charge in [0.1, 0.15) is 5.69 Å². The van der Waals surface area contributed by atoms with Crippen LogP contribution in [0, 0.1) is 0 Å². The van der Waals surface area contributed by atoms with Gasteiger partial charge in [0.05, 0.1) is 12.2 Å². The first-order valence-electron chi connectivity index (χ1n) is 6.32. The number of hydrogen-bond acceptors (Lipinski definition) is 4. The molecule has 0 atom stereocenters. The van der Waals surface area contributed by atoms with Crippen molar-refractivity contribution in [2.75, 3.05) is 20.3 Å². The third-order valence-corrected chi connectivity index (χ3v) is 2.87. The highest BCUT2D eigenvalue weighted by molar-refractivity contribution is 5.60. The van der Waals surface area contributed by atoms with Gasteiger partial charge in [0, 0.05) is 25.8 Å². The molecule has 0 radical (unpaired) electrons. The van der Waals surface area contributed by atoms with Crippen LogP contribution < -0.4 is 5.32 Å². The molecule has 0 unspecified atom stereocenters. The van der Waals surface area contributed by atoms with Crippen LogP contribution in [0.4, 0.5) is 13.2 Å². The Bertz CT molecular complexity index is 582. The zero-order valence-electron chi connectivity index (χ0n) is 11.4. The summed E-state index contributed by atoms with van der Waals surface area (Å²) in [5.41, 5.74) is 0.200. The molecule has 0 saturated carbocycles. The standard InChI is InChI=1S/C14H15F3N2O2/c1-20-6-5-18-8-12-13(21-9-19-12)10-3-2-4-11(7-10)14(15,16)17/h2-4,7,9,18H,5-6,8H2,1H3. The number of ether oxygens (including phenoxy) is 1. The van der Waals surface area contributed by atoms with Crippen LogP contribution in [0.2, 0.25) is 0 Å². The SMILES string of the molecule is COCCNCc1ncoc1-c1cccc(C(F)(F)F)c1. The fourth-order valence-electron chi connectivity index (χ4n) is 1.85. The van der Waals surface area contributed by atoms with Gasteiger partial charge in [0.25, 0.3) is 0 Å². The molecule has 0 aliphatic carbocycles. The maximum Gasteiger partial charge on any atom is 0.416 e. The van der Waals surface area contributed by atoms with Crippen molar-refractivity contribution in [2.45, 2.75) is 12.7 Å². The maximum atomic E-state index is 12.7. The largest absolute Gasteiger partial charge is 0.443 e. The Kier molecular flexibility index (Phi) is 4.98. The first-order valence-corrected chi connectivity index (χ1v) is 6.32. The van der Waals surface area contributed by atoms with Gasteiger partial charge in [0.15, 0.2) is 12.2 Å². The maximum absolute atomic E-state index is 12.7. The number of nitrogens with one attached hydrogen (secondary N) is 1. The molecule has 1 aromatic heterocycles. The third-order valence-electron chi connectivity index (χ3n) is 2.87. The summed E-state index contributed by atoms with van der Waals surface area (Å²) in [4.78, 5) is 4.03. The van der Waals surface area contributed by atoms with Crippen molar-refractivity contribution in [1.82, 2.24) is 10.3 Å². The van der Waals surface area contributed by atoms with Crippen molar-refractivity contribution in [3.05, 3.63) is 41.9 Å². The zero-order chi connectivity index (χ0) is 15.3. The number of alkyl halides is 3. The average molecular weight is 300 g/mol. The van der Waals surface area contributed by atoms with Crippen LogP contribution in [-0.4, -0.2) is 25.2 Å². The molecular formula is C14H15F3N2O2. The van der Waals surface area contributed by atoms with Crippen molar-refractivity contribution in [3.8, 4) is 11.3 Å². The number of halogens is 3. The molecule has 21 heavy (non-hydrogen) atoms. The first kappa shape index (κ1) is 15.5. The number of hydrogen-bond donors (Lipinski definition) is 1. The van der Waals surface area contributed by atoms with E-state index in [0.717, 1.165) is 12.1 Å². The van der Waals surface area contributed by atoms with E-state index in [-0.39, 0.29) is 0 Å². The van der Waals surface area contributed by atoms with Crippen LogP contribution in [0.25, 0.3) is 11.3 Å². The van der Waals surface area contributed by atoms with E-state index < -0.39 is 11.7 Å². The molecule has 2 aromatic rings. The minimum atomic E-state index is -4.38. The Morgan fingerprint density at radius 2 is 2.14 bits per heavy atom. The Hall–Kier alpha value is -1.86. The van der Waals surface area contributed by atoms with Gasteiger partial charge in [-0.05, 0) is 12.1 Å². The molecular weight excluding hydrogens is 285 g/mol. The van der Waals surface area contributed by atoms with Crippen molar-refractivity contribution in [2.24, 2.45) is 0 Å². The summed E-state index contributed by atoms with van der Waals surface area (Å²) >= 11 is 0. The second-order valence-electron chi connectivity index (χ2n) is 4.38. The van der Waals surface area contributed by atoms with E-state index in [1.165, 1.54) is 12.5 Å². The molecule has 4 nitrogen and oxygen atoms in total. The summed E-state index contributed by atoms with van der Waals surface area (Å²) in [5, 5.41) is 3.07. The van der Waals surface area contributed by atoms with Gasteiger partial charge in [-0.15, -0.1) is 0 Å². The summed E-state index contributed by atoms with van der Waals surface area (Å²) in [7, 11) is 1.59. The molecule has 0 bridgehead atoms. The molecule has 1 aromatic carbocycles. The van der Waals surface area contributed by atoms with E-state index in [2.05, 4.69) is 10.3 Å². The van der Waals surface area contributed by atoms with Crippen LogP contribution in [0.15, 0.2) is 35.1 Å². The topological polar surface area (TPSA) is 47.3 Å². The van der Waals surface area contributed by atoms with Gasteiger partial charge in [-0.2, -0.15) is 13.2 Å². The molecule has 114 valence electrons. The van der Waals surface area contributed by atoms with Gasteiger partial charge >= 0.3 is 6.18 Å². The second-order valence-corrected chi connectivity index (χ2v) is 4.38. The lowest BCUT2D eigenvalue weighted by Crippen LogP contribution is -2.19. The van der Waals surface area contributed by atoms with Crippen LogP contribution >= 0.6 is 0 Å². The molecule has 0 amide bonds. The van der Waals surface area contributed by atoms with E-state index in [4.69, 9.17) is 9.15 Å². The van der Waals surface area contributed by atoms with Gasteiger partial charge in [0.2, 0.25) is 0 Å². The molecule has 0 aliphatic heterocycles. The van der Waals surface area contributed by atoms with Crippen LogP contribution in [-0.2, 0) is 17.5 Å². The van der Waals surface area contributed by atoms with Gasteiger partial charge in [-0.1, -0.05) is 12.1 Å². The normalized spacial score (nSPS) is 11.8. The molecule has 0 spiro atoms. The lowest BCUT2D eigenvalue weighted by Gasteiger charge is -2.08. The van der Waals surface area contributed by atoms with Gasteiger partial charge in [-0.3, -0.25) is 0 Å². The van der Waals surface area contributed by atoms with E-state index >= 15 is 0 Å². The number of nitrogens with zero attached hydrogens (tertiary/aromatic N) is 1. The highest BCUT2D eigenvalue weighted by atomic mass is 19.4. The Labute approximate surface area is 119 Å². The Morgan fingerprint density at radius 1 is 1.33 bits per heavy atom. The first-order chi connectivity index (χ1) is 10.0. The van der Waals surface area contributed by atoms with E-state index in [0.29, 0.717) is 36.7 Å². The van der Waals surface area contributed by atoms with Gasteiger partial charge in [-0.25, -0.2) is 4.98 Å². The molecule has 1 heterocycles. The molecule has 0 fully saturated rings. The molecule has 1 N–H and O–H groups in total. The quantitative estimate of drug-likeness (QED) is 0.833. The number of oxazole rings is 1. The van der Waals surface area contributed by atoms with Crippen LogP contribution in [0.1, 0.15) is 11.3 Å². The molecule has 2 rings (SSSR count). The number of methoxy groups -OCH3 is 1. The van der Waals surface area contributed by atoms with Crippen molar-refractivity contribution in [3.63, 3.8) is 0 Å². The summed E-state index contributed by atoms with van der Waals surface area (Å²) in [6.45, 7) is 1.55. The van der Waals surface area contributed by atoms with E-state index in [1.54, 1.807) is 13.2 Å². The number of benzene rings is 1. The predicted octanol–water partition coefficient (Wildman–Crippen LogP) is 3.10. The highest BCUT2D eigenvalue weighted by Crippen LogP contribution is 2.32. The number of rotatable bonds is 6. The van der Waals surface area contributed by atoms with E-state index in [1.807, 2.05) is 0 Å². The predicted molar refractivity (Wildman–Crippen MR) is 70.5 cm³/mol. The zero-order valence-corrected chi connectivity index (χ0v) is 11.4. The van der Waals surface area contributed by atoms with E-state index in [9.17, 15) is 13.2 Å². The van der Waals surface area contributed by atoms with Gasteiger partial charge < -0.3 is 14.5 Å². The Morgan fingerprint density at radius 3 is 2.86 bits per heavy atom. The summed E-state index contributed by atoms with van der Waals surface area (Å²) in [6.07, 6.45) is -3.16. The van der Waals surface area contributed by atoms with Crippen LogP contribution in [0.5, 0.6) is 0 Å². The smallest absolute Gasteiger partial charge is 0.416 e. The molecule has 7 heteroatoms. The lowest BCUT2D eigenvalue weighted by molar-refractivity contribution is -0.137. The van der Waals surface area contributed by atoms with Crippen molar-refractivity contribution in [1.29, 1.82) is 0 Å². The summed E-state index contributed by atoms with van der Waals surface area (Å²) in [6, 6.07) is 4.99. The van der Waals surface area contributed by atoms with Crippen molar-refractivity contribution < 1.29 is 22.3 Å². The number of aromatic nitrogens is 1.